The molecule has 2 fully saturated rings. The zero-order chi connectivity index (χ0) is 22.8. The molecule has 1 aromatic heterocycles. The van der Waals surface area contributed by atoms with Gasteiger partial charge in [0.2, 0.25) is 10.0 Å². The van der Waals surface area contributed by atoms with E-state index in [4.69, 9.17) is 4.98 Å². The number of aromatic amines is 1. The van der Waals surface area contributed by atoms with E-state index in [0.29, 0.717) is 25.0 Å². The van der Waals surface area contributed by atoms with E-state index >= 15 is 0 Å². The highest BCUT2D eigenvalue weighted by molar-refractivity contribution is 7.89. The molecular weight excluding hydrogens is 432 g/mol. The standard InChI is InChI=1S/C26H33N4O2S/c1-2-33(31,32)30-16-14-29(15-17-30)25-11-7-6-10-22(25)21-12-13-23-24(19-21)28-26(27-23)18-20-8-4-3-5-9-20/h3-6,8-9,12-13,19,22,25H,2,7,10-11,14-18H2,1H3,(H,27,28)/t22-,25-/m1/s1. The number of rotatable bonds is 6. The molecule has 0 amide bonds. The lowest BCUT2D eigenvalue weighted by Gasteiger charge is -2.44. The highest BCUT2D eigenvalue weighted by Gasteiger charge is 2.35. The van der Waals surface area contributed by atoms with Gasteiger partial charge in [-0.1, -0.05) is 36.4 Å². The summed E-state index contributed by atoms with van der Waals surface area (Å²) < 4.78 is 26.2. The second-order valence-corrected chi connectivity index (χ2v) is 11.5. The van der Waals surface area contributed by atoms with Crippen LogP contribution in [-0.4, -0.2) is 65.6 Å². The van der Waals surface area contributed by atoms with Crippen LogP contribution in [-0.2, 0) is 16.4 Å². The molecule has 175 valence electrons. The normalized spacial score (nSPS) is 23.2. The summed E-state index contributed by atoms with van der Waals surface area (Å²) in [7, 11) is -3.10. The molecule has 7 heteroatoms. The van der Waals surface area contributed by atoms with E-state index in [9.17, 15) is 8.42 Å². The van der Waals surface area contributed by atoms with Crippen LogP contribution in [0.15, 0.2) is 48.5 Å². The predicted molar refractivity (Wildman–Crippen MR) is 133 cm³/mol. The van der Waals surface area contributed by atoms with Gasteiger partial charge in [-0.15, -0.1) is 0 Å². The Bertz CT molecular complexity index is 1180. The fourth-order valence-electron chi connectivity index (χ4n) is 5.41. The van der Waals surface area contributed by atoms with E-state index in [1.54, 1.807) is 11.2 Å². The second-order valence-electron chi connectivity index (χ2n) is 9.23. The Morgan fingerprint density at radius 2 is 1.85 bits per heavy atom. The average Bonchev–Trinajstić information content (AvgIpc) is 3.26. The summed E-state index contributed by atoms with van der Waals surface area (Å²) in [5.41, 5.74) is 4.70. The van der Waals surface area contributed by atoms with Crippen LogP contribution >= 0.6 is 0 Å². The van der Waals surface area contributed by atoms with Crippen LogP contribution in [0.2, 0.25) is 0 Å². The number of piperazine rings is 1. The van der Waals surface area contributed by atoms with Gasteiger partial charge in [0.25, 0.3) is 0 Å². The Morgan fingerprint density at radius 3 is 2.61 bits per heavy atom. The third kappa shape index (κ3) is 4.86. The molecule has 2 aliphatic rings. The molecule has 1 aliphatic heterocycles. The van der Waals surface area contributed by atoms with Crippen LogP contribution in [0.4, 0.5) is 0 Å². The molecule has 1 saturated heterocycles. The lowest BCUT2D eigenvalue weighted by Crippen LogP contribution is -2.54. The van der Waals surface area contributed by atoms with E-state index in [1.165, 1.54) is 11.1 Å². The van der Waals surface area contributed by atoms with E-state index in [0.717, 1.165) is 55.6 Å². The van der Waals surface area contributed by atoms with Gasteiger partial charge in [-0.25, -0.2) is 13.4 Å². The van der Waals surface area contributed by atoms with Gasteiger partial charge < -0.3 is 4.98 Å². The minimum atomic E-state index is -3.10. The summed E-state index contributed by atoms with van der Waals surface area (Å²) >= 11 is 0. The molecule has 1 radical (unpaired) electrons. The first kappa shape index (κ1) is 22.6. The number of benzene rings is 2. The maximum absolute atomic E-state index is 12.3. The molecule has 2 atom stereocenters. The van der Waals surface area contributed by atoms with E-state index in [1.807, 2.05) is 6.07 Å². The van der Waals surface area contributed by atoms with Crippen LogP contribution in [0.1, 0.15) is 49.1 Å². The molecule has 5 rings (SSSR count). The molecule has 0 bridgehead atoms. The summed E-state index contributed by atoms with van der Waals surface area (Å²) in [6, 6.07) is 17.6. The number of nitrogens with one attached hydrogen (secondary N) is 1. The third-order valence-electron chi connectivity index (χ3n) is 7.25. The zero-order valence-electron chi connectivity index (χ0n) is 19.3. The van der Waals surface area contributed by atoms with Crippen molar-refractivity contribution in [1.29, 1.82) is 0 Å². The van der Waals surface area contributed by atoms with Crippen molar-refractivity contribution in [3.05, 3.63) is 71.9 Å². The number of aromatic nitrogens is 2. The summed E-state index contributed by atoms with van der Waals surface area (Å²) in [6.45, 7) is 4.55. The van der Waals surface area contributed by atoms with Crippen molar-refractivity contribution in [2.45, 2.75) is 44.6 Å². The molecule has 1 N–H and O–H groups in total. The zero-order valence-corrected chi connectivity index (χ0v) is 20.1. The van der Waals surface area contributed by atoms with E-state index in [2.05, 4.69) is 58.8 Å². The van der Waals surface area contributed by atoms with Crippen molar-refractivity contribution in [3.63, 3.8) is 0 Å². The first-order valence-electron chi connectivity index (χ1n) is 12.1. The number of hydrogen-bond donors (Lipinski definition) is 1. The molecule has 0 unspecified atom stereocenters. The molecule has 0 spiro atoms. The summed E-state index contributed by atoms with van der Waals surface area (Å²) in [6.07, 6.45) is 6.53. The van der Waals surface area contributed by atoms with E-state index < -0.39 is 10.0 Å². The quantitative estimate of drug-likeness (QED) is 0.598. The van der Waals surface area contributed by atoms with E-state index in [-0.39, 0.29) is 5.75 Å². The van der Waals surface area contributed by atoms with Crippen LogP contribution < -0.4 is 0 Å². The van der Waals surface area contributed by atoms with Gasteiger partial charge in [-0.05, 0) is 61.8 Å². The van der Waals surface area contributed by atoms with Crippen LogP contribution in [0, 0.1) is 6.42 Å². The highest BCUT2D eigenvalue weighted by atomic mass is 32.2. The van der Waals surface area contributed by atoms with Crippen molar-refractivity contribution >= 4 is 21.1 Å². The van der Waals surface area contributed by atoms with Crippen LogP contribution in [0.5, 0.6) is 0 Å². The number of hydrogen-bond acceptors (Lipinski definition) is 4. The predicted octanol–water partition coefficient (Wildman–Crippen LogP) is 3.96. The molecule has 1 saturated carbocycles. The second kappa shape index (κ2) is 9.57. The molecule has 1 aliphatic carbocycles. The minimum Gasteiger partial charge on any atom is -0.342 e. The Kier molecular flexibility index (Phi) is 6.54. The van der Waals surface area contributed by atoms with Crippen molar-refractivity contribution in [3.8, 4) is 0 Å². The SMILES string of the molecule is CCS(=O)(=O)N1CCN([C@@H]2CC[CH]C[C@@H]2c2ccc3[nH]c(Cc4ccccc4)nc3c2)CC1. The maximum atomic E-state index is 12.3. The Hall–Kier alpha value is -2.22. The smallest absolute Gasteiger partial charge is 0.213 e. The van der Waals surface area contributed by atoms with Gasteiger partial charge in [0, 0.05) is 38.6 Å². The Morgan fingerprint density at radius 1 is 1.06 bits per heavy atom. The first-order chi connectivity index (χ1) is 16.0. The fraction of sp³-hybridized carbons (Fsp3) is 0.462. The van der Waals surface area contributed by atoms with Gasteiger partial charge in [-0.3, -0.25) is 4.90 Å². The molecule has 2 aromatic carbocycles. The Labute approximate surface area is 197 Å². The topological polar surface area (TPSA) is 69.3 Å². The molecule has 33 heavy (non-hydrogen) atoms. The first-order valence-corrected chi connectivity index (χ1v) is 13.7. The van der Waals surface area contributed by atoms with Gasteiger partial charge in [0.1, 0.15) is 5.82 Å². The van der Waals surface area contributed by atoms with Crippen molar-refractivity contribution in [2.75, 3.05) is 31.9 Å². The van der Waals surface area contributed by atoms with Gasteiger partial charge in [-0.2, -0.15) is 4.31 Å². The van der Waals surface area contributed by atoms with Gasteiger partial charge >= 0.3 is 0 Å². The lowest BCUT2D eigenvalue weighted by atomic mass is 9.79. The minimum absolute atomic E-state index is 0.184. The molecular formula is C26H33N4O2S. The van der Waals surface area contributed by atoms with Crippen LogP contribution in [0.25, 0.3) is 11.0 Å². The average molecular weight is 466 g/mol. The monoisotopic (exact) mass is 465 g/mol. The number of fused-ring (bicyclic) bond motifs is 1. The summed E-state index contributed by atoms with van der Waals surface area (Å²) in [5.74, 6) is 1.60. The van der Waals surface area contributed by atoms with Crippen molar-refractivity contribution in [2.24, 2.45) is 0 Å². The summed E-state index contributed by atoms with van der Waals surface area (Å²) in [4.78, 5) is 10.9. The lowest BCUT2D eigenvalue weighted by molar-refractivity contribution is 0.104. The Balaban J connectivity index is 1.33. The maximum Gasteiger partial charge on any atom is 0.213 e. The number of sulfonamides is 1. The number of H-pyrrole nitrogens is 1. The number of nitrogens with zero attached hydrogens (tertiary/aromatic N) is 3. The van der Waals surface area contributed by atoms with Crippen molar-refractivity contribution < 1.29 is 8.42 Å². The number of imidazole rings is 1. The largest absolute Gasteiger partial charge is 0.342 e. The molecule has 2 heterocycles. The van der Waals surface area contributed by atoms with Crippen molar-refractivity contribution in [1.82, 2.24) is 19.2 Å². The highest BCUT2D eigenvalue weighted by Crippen LogP contribution is 2.37. The fourth-order valence-corrected chi connectivity index (χ4v) is 6.50. The van der Waals surface area contributed by atoms with Crippen LogP contribution in [0.3, 0.4) is 0 Å². The summed E-state index contributed by atoms with van der Waals surface area (Å²) in [5, 5.41) is 0. The molecule has 3 aromatic rings. The van der Waals surface area contributed by atoms with Gasteiger partial charge in [0.15, 0.2) is 0 Å². The molecule has 6 nitrogen and oxygen atoms in total. The van der Waals surface area contributed by atoms with Gasteiger partial charge in [0.05, 0.1) is 16.8 Å². The third-order valence-corrected chi connectivity index (χ3v) is 9.13.